The standard InChI is InChI=1S/C15H26N2O3/c1-2-8-15(14(19)20)9-5-10-17(15)13(18)11-16-12-6-3-4-7-12/h12,16H,2-11H2,1H3,(H,19,20). The van der Waals surface area contributed by atoms with Gasteiger partial charge in [-0.3, -0.25) is 4.79 Å². The Morgan fingerprint density at radius 3 is 2.60 bits per heavy atom. The Hall–Kier alpha value is -1.10. The molecule has 20 heavy (non-hydrogen) atoms. The molecule has 1 saturated carbocycles. The normalized spacial score (nSPS) is 27.1. The van der Waals surface area contributed by atoms with E-state index < -0.39 is 11.5 Å². The maximum Gasteiger partial charge on any atom is 0.329 e. The van der Waals surface area contributed by atoms with Gasteiger partial charge in [0.25, 0.3) is 0 Å². The number of carbonyl (C=O) groups excluding carboxylic acids is 1. The number of nitrogens with zero attached hydrogens (tertiary/aromatic N) is 1. The summed E-state index contributed by atoms with van der Waals surface area (Å²) in [5, 5.41) is 12.9. The number of carboxylic acids is 1. The van der Waals surface area contributed by atoms with E-state index in [4.69, 9.17) is 0 Å². The molecular weight excluding hydrogens is 256 g/mol. The topological polar surface area (TPSA) is 69.6 Å². The van der Waals surface area contributed by atoms with Crippen LogP contribution in [0.15, 0.2) is 0 Å². The fourth-order valence-corrected chi connectivity index (χ4v) is 3.70. The van der Waals surface area contributed by atoms with Crippen LogP contribution in [-0.4, -0.2) is 46.6 Å². The third kappa shape index (κ3) is 2.97. The van der Waals surface area contributed by atoms with Crippen LogP contribution >= 0.6 is 0 Å². The van der Waals surface area contributed by atoms with Crippen LogP contribution in [0, 0.1) is 0 Å². The summed E-state index contributed by atoms with van der Waals surface area (Å²) >= 11 is 0. The van der Waals surface area contributed by atoms with E-state index in [9.17, 15) is 14.7 Å². The summed E-state index contributed by atoms with van der Waals surface area (Å²) < 4.78 is 0. The van der Waals surface area contributed by atoms with Crippen LogP contribution in [0.5, 0.6) is 0 Å². The van der Waals surface area contributed by atoms with Gasteiger partial charge in [-0.25, -0.2) is 4.79 Å². The van der Waals surface area contributed by atoms with E-state index in [0.29, 0.717) is 25.4 Å². The summed E-state index contributed by atoms with van der Waals surface area (Å²) in [5.74, 6) is -0.892. The van der Waals surface area contributed by atoms with Crippen molar-refractivity contribution in [3.05, 3.63) is 0 Å². The van der Waals surface area contributed by atoms with Crippen molar-refractivity contribution in [1.29, 1.82) is 0 Å². The zero-order valence-corrected chi connectivity index (χ0v) is 12.4. The first-order valence-corrected chi connectivity index (χ1v) is 7.87. The molecule has 0 bridgehead atoms. The average molecular weight is 282 g/mol. The Morgan fingerprint density at radius 2 is 2.00 bits per heavy atom. The quantitative estimate of drug-likeness (QED) is 0.779. The molecule has 2 fully saturated rings. The van der Waals surface area contributed by atoms with Crippen molar-refractivity contribution in [2.45, 2.75) is 69.9 Å². The van der Waals surface area contributed by atoms with Gasteiger partial charge in [-0.2, -0.15) is 0 Å². The van der Waals surface area contributed by atoms with Gasteiger partial charge < -0.3 is 15.3 Å². The first kappa shape index (κ1) is 15.3. The Balaban J connectivity index is 1.97. The van der Waals surface area contributed by atoms with Crippen molar-refractivity contribution >= 4 is 11.9 Å². The molecule has 0 aromatic heterocycles. The molecular formula is C15H26N2O3. The second-order valence-corrected chi connectivity index (χ2v) is 6.10. The summed E-state index contributed by atoms with van der Waals surface area (Å²) in [5.41, 5.74) is -0.955. The van der Waals surface area contributed by atoms with Crippen LogP contribution < -0.4 is 5.32 Å². The van der Waals surface area contributed by atoms with Gasteiger partial charge in [0.1, 0.15) is 5.54 Å². The number of rotatable bonds is 6. The molecule has 1 atom stereocenters. The lowest BCUT2D eigenvalue weighted by atomic mass is 9.90. The number of hydrogen-bond acceptors (Lipinski definition) is 3. The monoisotopic (exact) mass is 282 g/mol. The van der Waals surface area contributed by atoms with Gasteiger partial charge in [-0.1, -0.05) is 26.2 Å². The fraction of sp³-hybridized carbons (Fsp3) is 0.867. The number of amides is 1. The lowest BCUT2D eigenvalue weighted by Crippen LogP contribution is -2.55. The van der Waals surface area contributed by atoms with Crippen LogP contribution in [0.1, 0.15) is 58.3 Å². The van der Waals surface area contributed by atoms with Crippen molar-refractivity contribution in [3.8, 4) is 0 Å². The largest absolute Gasteiger partial charge is 0.479 e. The van der Waals surface area contributed by atoms with Gasteiger partial charge in [-0.05, 0) is 32.1 Å². The van der Waals surface area contributed by atoms with Crippen molar-refractivity contribution in [3.63, 3.8) is 0 Å². The lowest BCUT2D eigenvalue weighted by molar-refractivity contribution is -0.156. The van der Waals surface area contributed by atoms with Crippen molar-refractivity contribution in [2.75, 3.05) is 13.1 Å². The lowest BCUT2D eigenvalue weighted by Gasteiger charge is -2.35. The van der Waals surface area contributed by atoms with E-state index in [0.717, 1.165) is 25.7 Å². The zero-order chi connectivity index (χ0) is 14.6. The Morgan fingerprint density at radius 1 is 1.30 bits per heavy atom. The van der Waals surface area contributed by atoms with Crippen molar-refractivity contribution in [2.24, 2.45) is 0 Å². The van der Waals surface area contributed by atoms with E-state index in [2.05, 4.69) is 5.32 Å². The molecule has 0 aromatic carbocycles. The van der Waals surface area contributed by atoms with E-state index >= 15 is 0 Å². The van der Waals surface area contributed by atoms with Gasteiger partial charge >= 0.3 is 5.97 Å². The first-order chi connectivity index (χ1) is 9.60. The second kappa shape index (κ2) is 6.57. The first-order valence-electron chi connectivity index (χ1n) is 7.87. The van der Waals surface area contributed by atoms with Crippen LogP contribution in [0.25, 0.3) is 0 Å². The van der Waals surface area contributed by atoms with E-state index in [1.54, 1.807) is 4.90 Å². The average Bonchev–Trinajstić information content (AvgIpc) is 3.06. The summed E-state index contributed by atoms with van der Waals surface area (Å²) in [6.07, 6.45) is 7.43. The smallest absolute Gasteiger partial charge is 0.329 e. The van der Waals surface area contributed by atoms with Crippen molar-refractivity contribution < 1.29 is 14.7 Å². The molecule has 2 rings (SSSR count). The number of hydrogen-bond donors (Lipinski definition) is 2. The number of nitrogens with one attached hydrogen (secondary N) is 1. The van der Waals surface area contributed by atoms with Crippen LogP contribution in [-0.2, 0) is 9.59 Å². The van der Waals surface area contributed by atoms with E-state index in [-0.39, 0.29) is 12.5 Å². The summed E-state index contributed by atoms with van der Waals surface area (Å²) in [4.78, 5) is 25.7. The third-order valence-corrected chi connectivity index (χ3v) is 4.75. The van der Waals surface area contributed by atoms with Gasteiger partial charge in [0, 0.05) is 12.6 Å². The van der Waals surface area contributed by atoms with Gasteiger partial charge in [-0.15, -0.1) is 0 Å². The molecule has 0 radical (unpaired) electrons. The molecule has 5 heteroatoms. The maximum absolute atomic E-state index is 12.4. The number of likely N-dealkylation sites (tertiary alicyclic amines) is 1. The van der Waals surface area contributed by atoms with Gasteiger partial charge in [0.05, 0.1) is 6.54 Å². The highest BCUT2D eigenvalue weighted by Gasteiger charge is 2.48. The van der Waals surface area contributed by atoms with E-state index in [1.165, 1.54) is 12.8 Å². The molecule has 1 aliphatic carbocycles. The molecule has 114 valence electrons. The summed E-state index contributed by atoms with van der Waals surface area (Å²) in [7, 11) is 0. The Kier molecular flexibility index (Phi) is 5.02. The highest BCUT2D eigenvalue weighted by molar-refractivity contribution is 5.88. The summed E-state index contributed by atoms with van der Waals surface area (Å²) in [6, 6.07) is 0.437. The number of carbonyl (C=O) groups is 2. The molecule has 0 spiro atoms. The highest BCUT2D eigenvalue weighted by atomic mass is 16.4. The van der Waals surface area contributed by atoms with Gasteiger partial charge in [0.2, 0.25) is 5.91 Å². The maximum atomic E-state index is 12.4. The summed E-state index contributed by atoms with van der Waals surface area (Å²) in [6.45, 7) is 2.84. The number of carboxylic acid groups (broad SMARTS) is 1. The Bertz CT molecular complexity index is 366. The molecule has 5 nitrogen and oxygen atoms in total. The molecule has 2 aliphatic rings. The van der Waals surface area contributed by atoms with Crippen molar-refractivity contribution in [1.82, 2.24) is 10.2 Å². The minimum absolute atomic E-state index is 0.0507. The molecule has 1 unspecified atom stereocenters. The predicted octanol–water partition coefficient (Wildman–Crippen LogP) is 1.76. The molecule has 0 aromatic rings. The minimum Gasteiger partial charge on any atom is -0.479 e. The minimum atomic E-state index is -0.955. The molecule has 1 heterocycles. The SMILES string of the molecule is CCCC1(C(=O)O)CCCN1C(=O)CNC1CCCC1. The van der Waals surface area contributed by atoms with Crippen LogP contribution in [0.2, 0.25) is 0 Å². The molecule has 1 aliphatic heterocycles. The third-order valence-electron chi connectivity index (χ3n) is 4.75. The van der Waals surface area contributed by atoms with Gasteiger partial charge in [0.15, 0.2) is 0 Å². The number of aliphatic carboxylic acids is 1. The molecule has 1 amide bonds. The van der Waals surface area contributed by atoms with Crippen LogP contribution in [0.4, 0.5) is 0 Å². The molecule has 2 N–H and O–H groups in total. The Labute approximate surface area is 120 Å². The zero-order valence-electron chi connectivity index (χ0n) is 12.4. The fourth-order valence-electron chi connectivity index (χ4n) is 3.70. The second-order valence-electron chi connectivity index (χ2n) is 6.10. The predicted molar refractivity (Wildman–Crippen MR) is 76.5 cm³/mol. The van der Waals surface area contributed by atoms with E-state index in [1.807, 2.05) is 6.92 Å². The van der Waals surface area contributed by atoms with Crippen LogP contribution in [0.3, 0.4) is 0 Å². The highest BCUT2D eigenvalue weighted by Crippen LogP contribution is 2.34. The molecule has 1 saturated heterocycles.